The van der Waals surface area contributed by atoms with Crippen LogP contribution in [0, 0.1) is 16.0 Å². The number of non-ortho nitro benzene ring substituents is 1. The number of hydrogen-bond donors (Lipinski definition) is 1. The van der Waals surface area contributed by atoms with Gasteiger partial charge in [0.15, 0.2) is 0 Å². The molecule has 0 atom stereocenters. The van der Waals surface area contributed by atoms with Crippen LogP contribution in [-0.2, 0) is 6.54 Å². The van der Waals surface area contributed by atoms with Gasteiger partial charge in [-0.3, -0.25) is 10.1 Å². The Kier molecular flexibility index (Phi) is 7.15. The molecule has 0 aliphatic rings. The van der Waals surface area contributed by atoms with Crippen molar-refractivity contribution in [2.45, 2.75) is 53.2 Å². The summed E-state index contributed by atoms with van der Waals surface area (Å²) in [6.45, 7) is 9.86. The highest BCUT2D eigenvalue weighted by Crippen LogP contribution is 2.26. The molecule has 0 fully saturated rings. The lowest BCUT2D eigenvalue weighted by Gasteiger charge is -2.19. The van der Waals surface area contributed by atoms with E-state index in [0.717, 1.165) is 30.7 Å². The summed E-state index contributed by atoms with van der Waals surface area (Å²) in [4.78, 5) is 10.6. The van der Waals surface area contributed by atoms with E-state index < -0.39 is 0 Å². The number of benzene rings is 1. The van der Waals surface area contributed by atoms with Crippen LogP contribution in [-0.4, -0.2) is 17.6 Å². The molecule has 0 heterocycles. The highest BCUT2D eigenvalue weighted by atomic mass is 16.6. The predicted molar refractivity (Wildman–Crippen MR) is 84.6 cm³/mol. The average Bonchev–Trinajstić information content (AvgIpc) is 2.45. The maximum atomic E-state index is 10.9. The van der Waals surface area contributed by atoms with E-state index in [1.54, 1.807) is 12.1 Å². The third-order valence-electron chi connectivity index (χ3n) is 3.33. The third kappa shape index (κ3) is 5.71. The SMILES string of the molecule is CCC(CC)Oc1ccc([N+](=O)[O-])cc1CNCC(C)C. The molecule has 5 nitrogen and oxygen atoms in total. The van der Waals surface area contributed by atoms with Crippen molar-refractivity contribution in [3.63, 3.8) is 0 Å². The predicted octanol–water partition coefficient (Wildman–Crippen LogP) is 3.91. The van der Waals surface area contributed by atoms with Crippen LogP contribution < -0.4 is 10.1 Å². The first-order valence-corrected chi connectivity index (χ1v) is 7.62. The van der Waals surface area contributed by atoms with Crippen LogP contribution in [0.5, 0.6) is 5.75 Å². The van der Waals surface area contributed by atoms with Gasteiger partial charge < -0.3 is 10.1 Å². The minimum atomic E-state index is -0.368. The lowest BCUT2D eigenvalue weighted by molar-refractivity contribution is -0.384. The van der Waals surface area contributed by atoms with Gasteiger partial charge in [-0.05, 0) is 31.4 Å². The van der Waals surface area contributed by atoms with Crippen molar-refractivity contribution < 1.29 is 9.66 Å². The molecular formula is C16H26N2O3. The maximum Gasteiger partial charge on any atom is 0.270 e. The Hall–Kier alpha value is -1.62. The molecule has 5 heteroatoms. The van der Waals surface area contributed by atoms with Crippen molar-refractivity contribution in [2.75, 3.05) is 6.54 Å². The normalized spacial score (nSPS) is 11.1. The molecular weight excluding hydrogens is 268 g/mol. The van der Waals surface area contributed by atoms with E-state index in [4.69, 9.17) is 4.74 Å². The fraction of sp³-hybridized carbons (Fsp3) is 0.625. The van der Waals surface area contributed by atoms with Crippen LogP contribution in [0.2, 0.25) is 0 Å². The largest absolute Gasteiger partial charge is 0.490 e. The summed E-state index contributed by atoms with van der Waals surface area (Å²) in [5, 5.41) is 14.2. The fourth-order valence-corrected chi connectivity index (χ4v) is 2.06. The van der Waals surface area contributed by atoms with Crippen molar-refractivity contribution in [1.29, 1.82) is 0 Å². The molecule has 21 heavy (non-hydrogen) atoms. The van der Waals surface area contributed by atoms with Crippen molar-refractivity contribution in [2.24, 2.45) is 5.92 Å². The standard InChI is InChI=1S/C16H26N2O3/c1-5-15(6-2)21-16-8-7-14(18(19)20)9-13(16)11-17-10-12(3)4/h7-9,12,15,17H,5-6,10-11H2,1-4H3. The van der Waals surface area contributed by atoms with E-state index in [-0.39, 0.29) is 16.7 Å². The van der Waals surface area contributed by atoms with E-state index >= 15 is 0 Å². The van der Waals surface area contributed by atoms with Gasteiger partial charge in [0.25, 0.3) is 5.69 Å². The lowest BCUT2D eigenvalue weighted by Crippen LogP contribution is -2.21. The van der Waals surface area contributed by atoms with Crippen molar-refractivity contribution in [3.8, 4) is 5.75 Å². The van der Waals surface area contributed by atoms with E-state index in [1.807, 2.05) is 0 Å². The lowest BCUT2D eigenvalue weighted by atomic mass is 10.1. The molecule has 0 spiro atoms. The maximum absolute atomic E-state index is 10.9. The first kappa shape index (κ1) is 17.4. The number of ether oxygens (including phenoxy) is 1. The van der Waals surface area contributed by atoms with Crippen LogP contribution in [0.4, 0.5) is 5.69 Å². The van der Waals surface area contributed by atoms with Gasteiger partial charge in [0.05, 0.1) is 11.0 Å². The van der Waals surface area contributed by atoms with Crippen LogP contribution in [0.1, 0.15) is 46.1 Å². The molecule has 1 aromatic rings. The summed E-state index contributed by atoms with van der Waals surface area (Å²) in [6, 6.07) is 4.82. The van der Waals surface area contributed by atoms with Crippen LogP contribution in [0.3, 0.4) is 0 Å². The summed E-state index contributed by atoms with van der Waals surface area (Å²) in [6.07, 6.45) is 1.99. The molecule has 0 saturated carbocycles. The summed E-state index contributed by atoms with van der Waals surface area (Å²) >= 11 is 0. The summed E-state index contributed by atoms with van der Waals surface area (Å²) < 4.78 is 5.97. The number of nitrogens with zero attached hydrogens (tertiary/aromatic N) is 1. The summed E-state index contributed by atoms with van der Waals surface area (Å²) in [5.74, 6) is 1.28. The van der Waals surface area contributed by atoms with E-state index in [0.29, 0.717) is 12.5 Å². The highest BCUT2D eigenvalue weighted by Gasteiger charge is 2.14. The van der Waals surface area contributed by atoms with Gasteiger partial charge in [0.2, 0.25) is 0 Å². The number of hydrogen-bond acceptors (Lipinski definition) is 4. The van der Waals surface area contributed by atoms with Crippen molar-refractivity contribution >= 4 is 5.69 Å². The zero-order valence-corrected chi connectivity index (χ0v) is 13.4. The molecule has 0 radical (unpaired) electrons. The smallest absolute Gasteiger partial charge is 0.270 e. The van der Waals surface area contributed by atoms with Crippen molar-refractivity contribution in [1.82, 2.24) is 5.32 Å². The highest BCUT2D eigenvalue weighted by molar-refractivity contribution is 5.43. The molecule has 0 aromatic heterocycles. The Morgan fingerprint density at radius 1 is 1.29 bits per heavy atom. The summed E-state index contributed by atoms with van der Waals surface area (Å²) in [5.41, 5.74) is 0.949. The molecule has 0 bridgehead atoms. The van der Waals surface area contributed by atoms with Gasteiger partial charge >= 0.3 is 0 Å². The van der Waals surface area contributed by atoms with E-state index in [2.05, 4.69) is 33.0 Å². The molecule has 118 valence electrons. The zero-order valence-electron chi connectivity index (χ0n) is 13.4. The van der Waals surface area contributed by atoms with E-state index in [9.17, 15) is 10.1 Å². The fourth-order valence-electron chi connectivity index (χ4n) is 2.06. The van der Waals surface area contributed by atoms with Gasteiger partial charge in [-0.25, -0.2) is 0 Å². The molecule has 0 aliphatic heterocycles. The Balaban J connectivity index is 2.90. The number of nitrogens with one attached hydrogen (secondary N) is 1. The third-order valence-corrected chi connectivity index (χ3v) is 3.33. The molecule has 0 aliphatic carbocycles. The van der Waals surface area contributed by atoms with Crippen LogP contribution >= 0.6 is 0 Å². The number of nitro groups is 1. The molecule has 1 aromatic carbocycles. The molecule has 0 saturated heterocycles. The zero-order chi connectivity index (χ0) is 15.8. The first-order chi connectivity index (χ1) is 9.97. The molecule has 0 unspecified atom stereocenters. The number of nitro benzene ring substituents is 1. The first-order valence-electron chi connectivity index (χ1n) is 7.62. The Morgan fingerprint density at radius 2 is 1.95 bits per heavy atom. The Bertz CT molecular complexity index is 457. The average molecular weight is 294 g/mol. The molecule has 0 amide bonds. The minimum absolute atomic E-state index is 0.105. The minimum Gasteiger partial charge on any atom is -0.490 e. The second-order valence-corrected chi connectivity index (χ2v) is 5.63. The monoisotopic (exact) mass is 294 g/mol. The Morgan fingerprint density at radius 3 is 2.48 bits per heavy atom. The summed E-state index contributed by atoms with van der Waals surface area (Å²) in [7, 11) is 0. The number of rotatable bonds is 9. The quantitative estimate of drug-likeness (QED) is 0.554. The van der Waals surface area contributed by atoms with Gasteiger partial charge in [0.1, 0.15) is 5.75 Å². The topological polar surface area (TPSA) is 64.4 Å². The molecule has 1 rings (SSSR count). The van der Waals surface area contributed by atoms with Crippen LogP contribution in [0.25, 0.3) is 0 Å². The second-order valence-electron chi connectivity index (χ2n) is 5.63. The van der Waals surface area contributed by atoms with Crippen molar-refractivity contribution in [3.05, 3.63) is 33.9 Å². The second kappa shape index (κ2) is 8.62. The van der Waals surface area contributed by atoms with Crippen LogP contribution in [0.15, 0.2) is 18.2 Å². The van der Waals surface area contributed by atoms with Gasteiger partial charge in [0, 0.05) is 24.2 Å². The molecule has 1 N–H and O–H groups in total. The van der Waals surface area contributed by atoms with Gasteiger partial charge in [-0.15, -0.1) is 0 Å². The van der Waals surface area contributed by atoms with Gasteiger partial charge in [-0.2, -0.15) is 0 Å². The Labute approximate surface area is 126 Å². The van der Waals surface area contributed by atoms with Gasteiger partial charge in [-0.1, -0.05) is 27.7 Å². The van der Waals surface area contributed by atoms with E-state index in [1.165, 1.54) is 6.07 Å².